The van der Waals surface area contributed by atoms with Crippen LogP contribution in [0, 0.1) is 5.92 Å². The fourth-order valence-electron chi connectivity index (χ4n) is 2.78. The van der Waals surface area contributed by atoms with Crippen molar-refractivity contribution in [3.63, 3.8) is 0 Å². The molecule has 0 bridgehead atoms. The molecule has 21 heavy (non-hydrogen) atoms. The van der Waals surface area contributed by atoms with Crippen molar-refractivity contribution in [1.82, 2.24) is 0 Å². The van der Waals surface area contributed by atoms with Crippen LogP contribution in [-0.2, 0) is 0 Å². The van der Waals surface area contributed by atoms with Gasteiger partial charge in [-0.05, 0) is 30.0 Å². The minimum absolute atomic E-state index is 0.208. The highest BCUT2D eigenvalue weighted by atomic mass is 16.7. The number of hydrogen-bond acceptors (Lipinski definition) is 4. The summed E-state index contributed by atoms with van der Waals surface area (Å²) in [6.07, 6.45) is 4.97. The van der Waals surface area contributed by atoms with Crippen LogP contribution in [0.15, 0.2) is 12.1 Å². The summed E-state index contributed by atoms with van der Waals surface area (Å²) < 4.78 is 16.1. The number of rotatable bonds is 8. The average Bonchev–Trinajstić information content (AvgIpc) is 2.98. The van der Waals surface area contributed by atoms with Gasteiger partial charge in [0, 0.05) is 0 Å². The Bertz CT molecular complexity index is 458. The van der Waals surface area contributed by atoms with Gasteiger partial charge in [0.1, 0.15) is 0 Å². The van der Waals surface area contributed by atoms with Crippen molar-refractivity contribution in [2.75, 3.05) is 13.9 Å². The van der Waals surface area contributed by atoms with Crippen LogP contribution < -0.4 is 14.2 Å². The molecule has 4 nitrogen and oxygen atoms in total. The molecule has 1 aromatic carbocycles. The predicted molar refractivity (Wildman–Crippen MR) is 82.0 cm³/mol. The van der Waals surface area contributed by atoms with Gasteiger partial charge >= 0.3 is 0 Å². The first-order chi connectivity index (χ1) is 10.2. The van der Waals surface area contributed by atoms with Crippen LogP contribution >= 0.6 is 0 Å². The zero-order valence-electron chi connectivity index (χ0n) is 13.2. The molecule has 0 saturated carbocycles. The fourth-order valence-corrected chi connectivity index (χ4v) is 2.78. The molecule has 1 aliphatic heterocycles. The summed E-state index contributed by atoms with van der Waals surface area (Å²) in [5.74, 6) is 2.47. The second-order valence-corrected chi connectivity index (χ2v) is 5.62. The number of benzene rings is 1. The van der Waals surface area contributed by atoms with Crippen LogP contribution in [0.3, 0.4) is 0 Å². The molecule has 1 aliphatic rings. The summed E-state index contributed by atoms with van der Waals surface area (Å²) in [4.78, 5) is 0. The Morgan fingerprint density at radius 2 is 2.10 bits per heavy atom. The van der Waals surface area contributed by atoms with E-state index < -0.39 is 6.10 Å². The summed E-state index contributed by atoms with van der Waals surface area (Å²) in [6.45, 7) is 4.60. The van der Waals surface area contributed by atoms with Gasteiger partial charge in [-0.15, -0.1) is 0 Å². The van der Waals surface area contributed by atoms with Gasteiger partial charge in [0.15, 0.2) is 11.5 Å². The van der Waals surface area contributed by atoms with E-state index in [9.17, 15) is 5.11 Å². The molecule has 118 valence electrons. The second kappa shape index (κ2) is 7.55. The van der Waals surface area contributed by atoms with Crippen LogP contribution in [0.4, 0.5) is 0 Å². The van der Waals surface area contributed by atoms with Gasteiger partial charge in [0.2, 0.25) is 12.5 Å². The van der Waals surface area contributed by atoms with Gasteiger partial charge in [0.05, 0.1) is 13.2 Å². The van der Waals surface area contributed by atoms with Crippen LogP contribution in [0.2, 0.25) is 0 Å². The predicted octanol–water partition coefficient (Wildman–Crippen LogP) is 4.06. The lowest BCUT2D eigenvalue weighted by atomic mass is 9.90. The molecule has 0 spiro atoms. The van der Waals surface area contributed by atoms with E-state index >= 15 is 0 Å². The van der Waals surface area contributed by atoms with Crippen LogP contribution in [0.25, 0.3) is 0 Å². The highest BCUT2D eigenvalue weighted by Crippen LogP contribution is 2.43. The van der Waals surface area contributed by atoms with Crippen molar-refractivity contribution in [2.45, 2.75) is 52.1 Å². The summed E-state index contributed by atoms with van der Waals surface area (Å²) >= 11 is 0. The summed E-state index contributed by atoms with van der Waals surface area (Å²) in [5, 5.41) is 10.5. The Morgan fingerprint density at radius 3 is 2.76 bits per heavy atom. The van der Waals surface area contributed by atoms with Gasteiger partial charge in [-0.1, -0.05) is 39.5 Å². The molecule has 0 aliphatic carbocycles. The third-order valence-corrected chi connectivity index (χ3v) is 4.17. The van der Waals surface area contributed by atoms with Crippen LogP contribution in [-0.4, -0.2) is 19.0 Å². The highest BCUT2D eigenvalue weighted by Gasteiger charge is 2.23. The first-order valence-electron chi connectivity index (χ1n) is 7.85. The summed E-state index contributed by atoms with van der Waals surface area (Å²) in [5.41, 5.74) is 0.839. The van der Waals surface area contributed by atoms with E-state index in [0.29, 0.717) is 23.2 Å². The van der Waals surface area contributed by atoms with Crippen LogP contribution in [0.5, 0.6) is 17.2 Å². The van der Waals surface area contributed by atoms with Gasteiger partial charge in [0.25, 0.3) is 0 Å². The van der Waals surface area contributed by atoms with E-state index in [1.165, 1.54) is 19.3 Å². The normalized spacial score (nSPS) is 15.8. The average molecular weight is 294 g/mol. The van der Waals surface area contributed by atoms with E-state index in [1.54, 1.807) is 7.11 Å². The number of methoxy groups -OCH3 is 1. The Kier molecular flexibility index (Phi) is 5.74. The molecular weight excluding hydrogens is 268 g/mol. The van der Waals surface area contributed by atoms with Crippen molar-refractivity contribution in [2.24, 2.45) is 5.92 Å². The molecule has 4 heteroatoms. The number of hydrogen-bond donors (Lipinski definition) is 1. The minimum atomic E-state index is -0.491. The molecule has 0 radical (unpaired) electrons. The van der Waals surface area contributed by atoms with Crippen molar-refractivity contribution in [3.05, 3.63) is 17.7 Å². The summed E-state index contributed by atoms with van der Waals surface area (Å²) in [6, 6.07) is 3.72. The maximum Gasteiger partial charge on any atom is 0.231 e. The topological polar surface area (TPSA) is 47.9 Å². The van der Waals surface area contributed by atoms with Gasteiger partial charge in [-0.25, -0.2) is 0 Å². The summed E-state index contributed by atoms with van der Waals surface area (Å²) in [7, 11) is 1.60. The monoisotopic (exact) mass is 294 g/mol. The molecule has 1 aromatic rings. The van der Waals surface area contributed by atoms with E-state index in [2.05, 4.69) is 13.8 Å². The standard InChI is InChI=1S/C17H26O4/c1-4-6-7-12(5-2)8-14(18)13-9-15(19-3)17-16(10-13)20-11-21-17/h9-10,12,14,18H,4-8,11H2,1-3H3. The largest absolute Gasteiger partial charge is 0.493 e. The number of unbranched alkanes of at least 4 members (excludes halogenated alkanes) is 1. The van der Waals surface area contributed by atoms with Gasteiger partial charge < -0.3 is 19.3 Å². The second-order valence-electron chi connectivity index (χ2n) is 5.62. The third kappa shape index (κ3) is 3.82. The van der Waals surface area contributed by atoms with Crippen molar-refractivity contribution in [1.29, 1.82) is 0 Å². The lowest BCUT2D eigenvalue weighted by Gasteiger charge is -2.20. The number of fused-ring (bicyclic) bond motifs is 1. The number of aliphatic hydroxyl groups is 1. The highest BCUT2D eigenvalue weighted by molar-refractivity contribution is 5.55. The minimum Gasteiger partial charge on any atom is -0.493 e. The zero-order chi connectivity index (χ0) is 15.2. The first kappa shape index (κ1) is 16.0. The van der Waals surface area contributed by atoms with E-state index in [0.717, 1.165) is 18.4 Å². The lowest BCUT2D eigenvalue weighted by Crippen LogP contribution is -2.07. The molecule has 0 amide bonds. The van der Waals surface area contributed by atoms with E-state index in [4.69, 9.17) is 14.2 Å². The fraction of sp³-hybridized carbons (Fsp3) is 0.647. The molecule has 0 fully saturated rings. The maximum absolute atomic E-state index is 10.5. The van der Waals surface area contributed by atoms with Crippen molar-refractivity contribution < 1.29 is 19.3 Å². The quantitative estimate of drug-likeness (QED) is 0.785. The molecule has 1 heterocycles. The van der Waals surface area contributed by atoms with E-state index in [1.807, 2.05) is 12.1 Å². The van der Waals surface area contributed by atoms with Crippen molar-refractivity contribution >= 4 is 0 Å². The Labute approximate surface area is 127 Å². The maximum atomic E-state index is 10.5. The SMILES string of the molecule is CCCCC(CC)CC(O)c1cc(OC)c2c(c1)OCO2. The molecule has 0 aromatic heterocycles. The van der Waals surface area contributed by atoms with Crippen LogP contribution in [0.1, 0.15) is 57.6 Å². The first-order valence-corrected chi connectivity index (χ1v) is 7.85. The lowest BCUT2D eigenvalue weighted by molar-refractivity contribution is 0.138. The van der Waals surface area contributed by atoms with Crippen molar-refractivity contribution in [3.8, 4) is 17.2 Å². The third-order valence-electron chi connectivity index (χ3n) is 4.17. The molecule has 2 rings (SSSR count). The number of aliphatic hydroxyl groups excluding tert-OH is 1. The zero-order valence-corrected chi connectivity index (χ0v) is 13.2. The Hall–Kier alpha value is -1.42. The molecule has 2 atom stereocenters. The smallest absolute Gasteiger partial charge is 0.231 e. The van der Waals surface area contributed by atoms with Gasteiger partial charge in [-0.2, -0.15) is 0 Å². The number of ether oxygens (including phenoxy) is 3. The van der Waals surface area contributed by atoms with Gasteiger partial charge in [-0.3, -0.25) is 0 Å². The Balaban J connectivity index is 2.10. The molecule has 2 unspecified atom stereocenters. The van der Waals surface area contributed by atoms with E-state index in [-0.39, 0.29) is 6.79 Å². The molecule has 0 saturated heterocycles. The Morgan fingerprint density at radius 1 is 1.29 bits per heavy atom. The molecule has 1 N–H and O–H groups in total. The molecular formula is C17H26O4.